The highest BCUT2D eigenvalue weighted by Gasteiger charge is 2.19. The van der Waals surface area contributed by atoms with Crippen LogP contribution in [-0.4, -0.2) is 37.2 Å². The molecule has 0 aromatic rings. The van der Waals surface area contributed by atoms with Gasteiger partial charge in [-0.1, -0.05) is 324 Å². The molecule has 81 heavy (non-hydrogen) atoms. The largest absolute Gasteiger partial charge is 0.462 e. The molecule has 468 valence electrons. The van der Waals surface area contributed by atoms with E-state index in [9.17, 15) is 14.4 Å². The molecule has 0 amide bonds. The Balaban J connectivity index is 4.06. The summed E-state index contributed by atoms with van der Waals surface area (Å²) >= 11 is 0. The highest BCUT2D eigenvalue weighted by atomic mass is 16.6. The molecule has 0 aliphatic heterocycles. The predicted molar refractivity (Wildman–Crippen MR) is 353 cm³/mol. The lowest BCUT2D eigenvalue weighted by Crippen LogP contribution is -2.30. The van der Waals surface area contributed by atoms with E-state index >= 15 is 0 Å². The normalized spacial score (nSPS) is 12.6. The summed E-state index contributed by atoms with van der Waals surface area (Å²) < 4.78 is 16.9. The Bertz CT molecular complexity index is 1530. The molecule has 0 rings (SSSR count). The van der Waals surface area contributed by atoms with E-state index in [-0.39, 0.29) is 31.1 Å². The van der Waals surface area contributed by atoms with Crippen molar-refractivity contribution in [1.29, 1.82) is 0 Å². The second-order valence-electron chi connectivity index (χ2n) is 23.4. The van der Waals surface area contributed by atoms with Gasteiger partial charge in [-0.2, -0.15) is 0 Å². The van der Waals surface area contributed by atoms with Crippen LogP contribution < -0.4 is 0 Å². The Morgan fingerprint density at radius 3 is 0.753 bits per heavy atom. The maximum Gasteiger partial charge on any atom is 0.306 e. The van der Waals surface area contributed by atoms with Gasteiger partial charge in [0.15, 0.2) is 6.10 Å². The molecule has 1 unspecified atom stereocenters. The van der Waals surface area contributed by atoms with Gasteiger partial charge in [0.2, 0.25) is 0 Å². The number of hydrogen-bond acceptors (Lipinski definition) is 6. The van der Waals surface area contributed by atoms with E-state index in [1.54, 1.807) is 0 Å². The summed E-state index contributed by atoms with van der Waals surface area (Å²) in [5.41, 5.74) is 0. The molecule has 0 aromatic heterocycles. The van der Waals surface area contributed by atoms with Crippen molar-refractivity contribution in [2.24, 2.45) is 0 Å². The van der Waals surface area contributed by atoms with Crippen LogP contribution in [0.25, 0.3) is 0 Å². The lowest BCUT2D eigenvalue weighted by atomic mass is 10.0. The van der Waals surface area contributed by atoms with Gasteiger partial charge < -0.3 is 14.2 Å². The quantitative estimate of drug-likeness (QED) is 0.0261. The zero-order valence-corrected chi connectivity index (χ0v) is 53.8. The van der Waals surface area contributed by atoms with Gasteiger partial charge in [-0.15, -0.1) is 0 Å². The average Bonchev–Trinajstić information content (AvgIpc) is 3.47. The number of allylic oxidation sites excluding steroid dienone is 14. The van der Waals surface area contributed by atoms with Gasteiger partial charge in [0, 0.05) is 19.3 Å². The standard InChI is InChI=1S/C75H132O6/c1-4-7-10-13-16-18-20-22-24-26-28-30-32-34-36-37-39-40-42-44-46-48-50-52-54-56-59-62-65-68-74(77)80-71-72(70-79-73(76)67-64-61-58-15-12-9-6-3)81-75(78)69-66-63-60-57-55-53-51-49-47-45-43-41-38-35-33-31-29-27-25-23-21-19-17-14-11-8-5-2/h7,10,16,18,21-24,27-30,33,35,72H,4-6,8-9,11-15,17,19-20,25-26,31-32,34,36-71H2,1-3H3/b10-7-,18-16-,23-21-,24-22-,29-27-,30-28-,35-33-. The van der Waals surface area contributed by atoms with Gasteiger partial charge in [0.1, 0.15) is 13.2 Å². The number of unbranched alkanes of at least 4 members (excludes halogenated alkanes) is 39. The SMILES string of the molecule is CC/C=C\C/C=C\C/C=C\C/C=C\CCCCCCCCCCCCCCCCCCC(=O)OCC(COC(=O)CCCCCCCCC)OC(=O)CCCCCCCCCCCCCC/C=C\C/C=C\C/C=C\CCCCCCC. The molecule has 0 fully saturated rings. The Morgan fingerprint density at radius 2 is 0.481 bits per heavy atom. The minimum atomic E-state index is -0.774. The number of carbonyl (C=O) groups is 3. The molecule has 0 aromatic carbocycles. The molecule has 0 saturated heterocycles. The number of esters is 3. The van der Waals surface area contributed by atoms with Gasteiger partial charge >= 0.3 is 17.9 Å². The molecule has 0 heterocycles. The van der Waals surface area contributed by atoms with Gasteiger partial charge in [0.25, 0.3) is 0 Å². The fourth-order valence-corrected chi connectivity index (χ4v) is 10.2. The average molecular weight is 1130 g/mol. The van der Waals surface area contributed by atoms with E-state index in [0.717, 1.165) is 96.3 Å². The van der Waals surface area contributed by atoms with Gasteiger partial charge in [-0.05, 0) is 96.3 Å². The molecule has 6 nitrogen and oxygen atoms in total. The number of hydrogen-bond donors (Lipinski definition) is 0. The molecular weight excluding hydrogens is 997 g/mol. The molecule has 0 radical (unpaired) electrons. The monoisotopic (exact) mass is 1130 g/mol. The number of carbonyl (C=O) groups excluding carboxylic acids is 3. The number of rotatable bonds is 64. The van der Waals surface area contributed by atoms with Crippen molar-refractivity contribution in [3.05, 3.63) is 85.1 Å². The van der Waals surface area contributed by atoms with E-state index in [4.69, 9.17) is 14.2 Å². The topological polar surface area (TPSA) is 78.9 Å². The third-order valence-corrected chi connectivity index (χ3v) is 15.4. The lowest BCUT2D eigenvalue weighted by molar-refractivity contribution is -0.167. The third kappa shape index (κ3) is 67.3. The lowest BCUT2D eigenvalue weighted by Gasteiger charge is -2.18. The molecule has 0 aliphatic carbocycles. The van der Waals surface area contributed by atoms with Crippen LogP contribution in [0.5, 0.6) is 0 Å². The minimum Gasteiger partial charge on any atom is -0.462 e. The second-order valence-corrected chi connectivity index (χ2v) is 23.4. The van der Waals surface area contributed by atoms with Crippen LogP contribution in [0.4, 0.5) is 0 Å². The number of ether oxygens (including phenoxy) is 3. The Morgan fingerprint density at radius 1 is 0.259 bits per heavy atom. The molecule has 6 heteroatoms. The zero-order valence-electron chi connectivity index (χ0n) is 53.8. The summed E-state index contributed by atoms with van der Waals surface area (Å²) in [4.78, 5) is 38.2. The Labute approximate surface area is 503 Å². The first-order valence-electron chi connectivity index (χ1n) is 35.1. The highest BCUT2D eigenvalue weighted by Crippen LogP contribution is 2.18. The molecule has 1 atom stereocenters. The van der Waals surface area contributed by atoms with Crippen LogP contribution in [0, 0.1) is 0 Å². The summed E-state index contributed by atoms with van der Waals surface area (Å²) in [6, 6.07) is 0. The molecular formula is C75H132O6. The van der Waals surface area contributed by atoms with Crippen molar-refractivity contribution >= 4 is 17.9 Å². The molecule has 0 N–H and O–H groups in total. The smallest absolute Gasteiger partial charge is 0.306 e. The van der Waals surface area contributed by atoms with Crippen LogP contribution in [0.3, 0.4) is 0 Å². The fourth-order valence-electron chi connectivity index (χ4n) is 10.2. The Kier molecular flexibility index (Phi) is 66.2. The van der Waals surface area contributed by atoms with Crippen molar-refractivity contribution in [3.63, 3.8) is 0 Å². The van der Waals surface area contributed by atoms with Crippen molar-refractivity contribution in [3.8, 4) is 0 Å². The highest BCUT2D eigenvalue weighted by molar-refractivity contribution is 5.71. The molecule has 0 saturated carbocycles. The van der Waals surface area contributed by atoms with Crippen molar-refractivity contribution in [2.45, 2.75) is 361 Å². The van der Waals surface area contributed by atoms with Crippen molar-refractivity contribution < 1.29 is 28.6 Å². The zero-order chi connectivity index (χ0) is 58.5. The first kappa shape index (κ1) is 77.6. The first-order chi connectivity index (χ1) is 40.0. The second kappa shape index (κ2) is 69.1. The van der Waals surface area contributed by atoms with E-state index in [1.807, 2.05) is 0 Å². The predicted octanol–water partition coefficient (Wildman–Crippen LogP) is 24.2. The summed E-state index contributed by atoms with van der Waals surface area (Å²) in [7, 11) is 0. The van der Waals surface area contributed by atoms with E-state index in [2.05, 4.69) is 106 Å². The molecule has 0 bridgehead atoms. The van der Waals surface area contributed by atoms with E-state index < -0.39 is 6.10 Å². The van der Waals surface area contributed by atoms with Gasteiger partial charge in [0.05, 0.1) is 0 Å². The third-order valence-electron chi connectivity index (χ3n) is 15.4. The summed E-state index contributed by atoms with van der Waals surface area (Å²) in [6.07, 6.45) is 92.1. The van der Waals surface area contributed by atoms with Crippen LogP contribution in [-0.2, 0) is 28.6 Å². The maximum atomic E-state index is 12.9. The Hall–Kier alpha value is -3.41. The molecule has 0 aliphatic rings. The summed E-state index contributed by atoms with van der Waals surface area (Å²) in [6.45, 7) is 6.51. The van der Waals surface area contributed by atoms with Gasteiger partial charge in [-0.3, -0.25) is 14.4 Å². The minimum absolute atomic E-state index is 0.0730. The van der Waals surface area contributed by atoms with Crippen LogP contribution in [0.15, 0.2) is 85.1 Å². The van der Waals surface area contributed by atoms with Crippen LogP contribution in [0.2, 0.25) is 0 Å². The van der Waals surface area contributed by atoms with Crippen LogP contribution in [0.1, 0.15) is 355 Å². The maximum absolute atomic E-state index is 12.9. The van der Waals surface area contributed by atoms with Gasteiger partial charge in [-0.25, -0.2) is 0 Å². The van der Waals surface area contributed by atoms with E-state index in [0.29, 0.717) is 19.3 Å². The van der Waals surface area contributed by atoms with Crippen LogP contribution >= 0.6 is 0 Å². The molecule has 0 spiro atoms. The fraction of sp³-hybridized carbons (Fsp3) is 0.773. The van der Waals surface area contributed by atoms with E-state index in [1.165, 1.54) is 218 Å². The first-order valence-corrected chi connectivity index (χ1v) is 35.1. The summed E-state index contributed by atoms with van der Waals surface area (Å²) in [5.74, 6) is -0.865. The van der Waals surface area contributed by atoms with Crippen molar-refractivity contribution in [2.75, 3.05) is 13.2 Å². The summed E-state index contributed by atoms with van der Waals surface area (Å²) in [5, 5.41) is 0. The van der Waals surface area contributed by atoms with Crippen molar-refractivity contribution in [1.82, 2.24) is 0 Å².